The Morgan fingerprint density at radius 2 is 1.18 bits per heavy atom. The molecular weight excluding hydrogens is 372 g/mol. The molecule has 3 aromatic carbocycles. The average molecular weight is 386 g/mol. The standard InChI is InChI=1S/C22H14N2O3S/c25-20(24-21(26)14-7-1-2-8-15(14)22(24)27)13-23-16-9-3-5-11-18(16)28-19-12-6-4-10-17(19)23/h1-12H,13H2. The van der Waals surface area contributed by atoms with E-state index in [0.29, 0.717) is 0 Å². The van der Waals surface area contributed by atoms with Gasteiger partial charge in [-0.2, -0.15) is 0 Å². The highest BCUT2D eigenvalue weighted by molar-refractivity contribution is 7.99. The van der Waals surface area contributed by atoms with E-state index in [-0.39, 0.29) is 17.7 Å². The van der Waals surface area contributed by atoms with Gasteiger partial charge in [-0.15, -0.1) is 0 Å². The van der Waals surface area contributed by atoms with Crippen LogP contribution in [0.5, 0.6) is 0 Å². The number of rotatable bonds is 2. The smallest absolute Gasteiger partial charge is 0.268 e. The highest BCUT2D eigenvalue weighted by atomic mass is 32.2. The van der Waals surface area contributed by atoms with E-state index in [1.54, 1.807) is 36.0 Å². The first-order valence-corrected chi connectivity index (χ1v) is 9.61. The number of hydrogen-bond donors (Lipinski definition) is 0. The fourth-order valence-corrected chi connectivity index (χ4v) is 4.67. The maximum absolute atomic E-state index is 13.1. The van der Waals surface area contributed by atoms with Crippen LogP contribution in [0.2, 0.25) is 0 Å². The Morgan fingerprint density at radius 1 is 0.714 bits per heavy atom. The third-order valence-electron chi connectivity index (χ3n) is 4.87. The molecule has 136 valence electrons. The van der Waals surface area contributed by atoms with Gasteiger partial charge in [-0.1, -0.05) is 48.2 Å². The lowest BCUT2D eigenvalue weighted by atomic mass is 10.1. The SMILES string of the molecule is O=C(CN1c2ccccc2Sc2ccccc21)N1C(=O)c2ccccc2C1=O. The summed E-state index contributed by atoms with van der Waals surface area (Å²) in [6, 6.07) is 22.1. The van der Waals surface area contributed by atoms with Gasteiger partial charge >= 0.3 is 0 Å². The Balaban J connectivity index is 1.51. The lowest BCUT2D eigenvalue weighted by Gasteiger charge is -2.32. The monoisotopic (exact) mass is 386 g/mol. The normalized spacial score (nSPS) is 14.6. The van der Waals surface area contributed by atoms with Crippen molar-refractivity contribution in [2.75, 3.05) is 11.4 Å². The Morgan fingerprint density at radius 3 is 1.71 bits per heavy atom. The minimum atomic E-state index is -0.557. The first-order valence-electron chi connectivity index (χ1n) is 8.79. The maximum Gasteiger partial charge on any atom is 0.268 e. The van der Waals surface area contributed by atoms with Gasteiger partial charge in [0.2, 0.25) is 0 Å². The van der Waals surface area contributed by atoms with Crippen LogP contribution in [0.15, 0.2) is 82.6 Å². The molecule has 0 aromatic heterocycles. The van der Waals surface area contributed by atoms with Gasteiger partial charge in [0.05, 0.1) is 22.5 Å². The van der Waals surface area contributed by atoms with E-state index >= 15 is 0 Å². The molecule has 2 aliphatic rings. The predicted octanol–water partition coefficient (Wildman–Crippen LogP) is 4.11. The number of anilines is 2. The largest absolute Gasteiger partial charge is 0.330 e. The van der Waals surface area contributed by atoms with Gasteiger partial charge in [-0.05, 0) is 36.4 Å². The van der Waals surface area contributed by atoms with Crippen molar-refractivity contribution >= 4 is 40.9 Å². The zero-order valence-electron chi connectivity index (χ0n) is 14.7. The van der Waals surface area contributed by atoms with Crippen molar-refractivity contribution in [3.05, 3.63) is 83.9 Å². The number of carbonyl (C=O) groups is 3. The predicted molar refractivity (Wildman–Crippen MR) is 106 cm³/mol. The number of imide groups is 3. The first-order chi connectivity index (χ1) is 13.6. The Labute approximate surface area is 165 Å². The summed E-state index contributed by atoms with van der Waals surface area (Å²) in [4.78, 5) is 43.0. The molecule has 3 amide bonds. The maximum atomic E-state index is 13.1. The van der Waals surface area contributed by atoms with Crippen molar-refractivity contribution in [3.8, 4) is 0 Å². The minimum Gasteiger partial charge on any atom is -0.330 e. The van der Waals surface area contributed by atoms with Gasteiger partial charge in [0, 0.05) is 9.79 Å². The fraction of sp³-hybridized carbons (Fsp3) is 0.0455. The molecule has 2 heterocycles. The van der Waals surface area contributed by atoms with Crippen LogP contribution in [-0.4, -0.2) is 29.2 Å². The van der Waals surface area contributed by atoms with Gasteiger partial charge in [0.25, 0.3) is 17.7 Å². The van der Waals surface area contributed by atoms with Gasteiger partial charge in [0.15, 0.2) is 0 Å². The van der Waals surface area contributed by atoms with Gasteiger partial charge in [-0.3, -0.25) is 14.4 Å². The number of fused-ring (bicyclic) bond motifs is 3. The van der Waals surface area contributed by atoms with Crippen LogP contribution in [0.3, 0.4) is 0 Å². The van der Waals surface area contributed by atoms with E-state index in [1.165, 1.54) is 0 Å². The molecule has 6 heteroatoms. The van der Waals surface area contributed by atoms with Crippen molar-refractivity contribution in [1.29, 1.82) is 0 Å². The van der Waals surface area contributed by atoms with Crippen molar-refractivity contribution in [1.82, 2.24) is 4.90 Å². The van der Waals surface area contributed by atoms with Gasteiger partial charge in [0.1, 0.15) is 6.54 Å². The summed E-state index contributed by atoms with van der Waals surface area (Å²) in [6.07, 6.45) is 0. The Kier molecular flexibility index (Phi) is 3.80. The second kappa shape index (κ2) is 6.35. The number of hydrogen-bond acceptors (Lipinski definition) is 5. The van der Waals surface area contributed by atoms with Crippen LogP contribution in [0.4, 0.5) is 11.4 Å². The van der Waals surface area contributed by atoms with E-state index in [0.717, 1.165) is 26.1 Å². The summed E-state index contributed by atoms with van der Waals surface area (Å²) in [6.45, 7) is -0.0972. The summed E-state index contributed by atoms with van der Waals surface area (Å²) in [5.41, 5.74) is 2.32. The van der Waals surface area contributed by atoms with E-state index in [2.05, 4.69) is 0 Å². The summed E-state index contributed by atoms with van der Waals surface area (Å²) in [5.74, 6) is -1.65. The van der Waals surface area contributed by atoms with Crippen LogP contribution in [-0.2, 0) is 4.79 Å². The van der Waals surface area contributed by atoms with Crippen LogP contribution in [0.25, 0.3) is 0 Å². The molecule has 28 heavy (non-hydrogen) atoms. The zero-order valence-corrected chi connectivity index (χ0v) is 15.5. The molecule has 0 saturated carbocycles. The van der Waals surface area contributed by atoms with E-state index in [1.807, 2.05) is 53.4 Å². The molecule has 0 N–H and O–H groups in total. The Hall–Kier alpha value is -3.38. The highest BCUT2D eigenvalue weighted by Gasteiger charge is 2.40. The second-order valence-electron chi connectivity index (χ2n) is 6.51. The third kappa shape index (κ3) is 2.46. The summed E-state index contributed by atoms with van der Waals surface area (Å²) in [7, 11) is 0. The topological polar surface area (TPSA) is 57.7 Å². The summed E-state index contributed by atoms with van der Waals surface area (Å²) >= 11 is 1.64. The van der Waals surface area contributed by atoms with Crippen molar-refractivity contribution in [2.45, 2.75) is 9.79 Å². The molecule has 0 saturated heterocycles. The molecule has 2 aliphatic heterocycles. The molecule has 3 aromatic rings. The van der Waals surface area contributed by atoms with Crippen LogP contribution in [0.1, 0.15) is 20.7 Å². The molecule has 5 rings (SSSR count). The summed E-state index contributed by atoms with van der Waals surface area (Å²) in [5, 5.41) is 0. The number of carbonyl (C=O) groups excluding carboxylic acids is 3. The number of para-hydroxylation sites is 2. The molecule has 0 atom stereocenters. The first kappa shape index (κ1) is 16.8. The quantitative estimate of drug-likeness (QED) is 0.621. The molecule has 0 radical (unpaired) electrons. The van der Waals surface area contributed by atoms with Crippen LogP contribution in [0, 0.1) is 0 Å². The minimum absolute atomic E-state index is 0.0972. The average Bonchev–Trinajstić information content (AvgIpc) is 2.98. The van der Waals surface area contributed by atoms with Gasteiger partial charge in [-0.25, -0.2) is 4.90 Å². The molecule has 0 unspecified atom stereocenters. The molecule has 0 bridgehead atoms. The van der Waals surface area contributed by atoms with E-state index < -0.39 is 17.7 Å². The second-order valence-corrected chi connectivity index (χ2v) is 7.59. The molecule has 0 fully saturated rings. The third-order valence-corrected chi connectivity index (χ3v) is 6.00. The van der Waals surface area contributed by atoms with Crippen LogP contribution < -0.4 is 4.90 Å². The van der Waals surface area contributed by atoms with Gasteiger partial charge < -0.3 is 4.90 Å². The lowest BCUT2D eigenvalue weighted by molar-refractivity contribution is -0.124. The zero-order chi connectivity index (χ0) is 19.3. The number of amides is 3. The number of nitrogens with zero attached hydrogens (tertiary/aromatic N) is 2. The Bertz CT molecular complexity index is 1080. The van der Waals surface area contributed by atoms with E-state index in [4.69, 9.17) is 0 Å². The molecular formula is C22H14N2O3S. The fourth-order valence-electron chi connectivity index (χ4n) is 3.57. The highest BCUT2D eigenvalue weighted by Crippen LogP contribution is 2.47. The van der Waals surface area contributed by atoms with Crippen LogP contribution >= 0.6 is 11.8 Å². The molecule has 0 aliphatic carbocycles. The lowest BCUT2D eigenvalue weighted by Crippen LogP contribution is -2.42. The van der Waals surface area contributed by atoms with Crippen molar-refractivity contribution in [2.24, 2.45) is 0 Å². The molecule has 0 spiro atoms. The van der Waals surface area contributed by atoms with Crippen molar-refractivity contribution in [3.63, 3.8) is 0 Å². The molecule has 5 nitrogen and oxygen atoms in total. The van der Waals surface area contributed by atoms with E-state index in [9.17, 15) is 14.4 Å². The summed E-state index contributed by atoms with van der Waals surface area (Å²) < 4.78 is 0. The number of benzene rings is 3. The van der Waals surface area contributed by atoms with Crippen molar-refractivity contribution < 1.29 is 14.4 Å².